The van der Waals surface area contributed by atoms with Crippen LogP contribution in [0.5, 0.6) is 17.2 Å². The summed E-state index contributed by atoms with van der Waals surface area (Å²) in [5, 5.41) is 5.09. The number of hydrogen-bond donors (Lipinski definition) is 2. The van der Waals surface area contributed by atoms with E-state index in [9.17, 15) is 0 Å². The lowest BCUT2D eigenvalue weighted by Gasteiger charge is -2.36. The molecule has 3 aromatic rings. The van der Waals surface area contributed by atoms with Crippen molar-refractivity contribution < 1.29 is 14.2 Å². The van der Waals surface area contributed by atoms with Gasteiger partial charge >= 0.3 is 0 Å². The Labute approximate surface area is 158 Å². The van der Waals surface area contributed by atoms with Crippen molar-refractivity contribution in [2.75, 3.05) is 27.9 Å². The molecular weight excluding hydrogens is 340 g/mol. The highest BCUT2D eigenvalue weighted by Crippen LogP contribution is 2.49. The van der Waals surface area contributed by atoms with Crippen molar-refractivity contribution in [2.24, 2.45) is 0 Å². The Morgan fingerprint density at radius 2 is 1.74 bits per heavy atom. The molecule has 0 radical (unpaired) electrons. The number of fused-ring (bicyclic) bond motifs is 6. The Hall–Kier alpha value is -2.66. The summed E-state index contributed by atoms with van der Waals surface area (Å²) in [6.45, 7) is 0.949. The van der Waals surface area contributed by atoms with Crippen molar-refractivity contribution in [1.29, 1.82) is 0 Å². The first-order chi connectivity index (χ1) is 13.2. The molecule has 2 N–H and O–H groups in total. The van der Waals surface area contributed by atoms with Crippen LogP contribution in [0.3, 0.4) is 0 Å². The van der Waals surface area contributed by atoms with Gasteiger partial charge < -0.3 is 24.5 Å². The van der Waals surface area contributed by atoms with Gasteiger partial charge in [0.25, 0.3) is 0 Å². The summed E-state index contributed by atoms with van der Waals surface area (Å²) in [4.78, 5) is 3.72. The first-order valence-corrected chi connectivity index (χ1v) is 9.39. The van der Waals surface area contributed by atoms with Crippen LogP contribution in [0.25, 0.3) is 10.9 Å². The number of H-pyrrole nitrogens is 1. The van der Waals surface area contributed by atoms with E-state index >= 15 is 0 Å². The highest BCUT2D eigenvalue weighted by atomic mass is 16.5. The van der Waals surface area contributed by atoms with Crippen LogP contribution in [0.4, 0.5) is 0 Å². The number of ether oxygens (including phenoxy) is 3. The fourth-order valence-corrected chi connectivity index (χ4v) is 4.89. The van der Waals surface area contributed by atoms with E-state index in [1.807, 2.05) is 6.07 Å². The third kappa shape index (κ3) is 2.21. The molecule has 0 saturated heterocycles. The Bertz CT molecular complexity index is 1040. The van der Waals surface area contributed by atoms with Gasteiger partial charge in [-0.25, -0.2) is 0 Å². The van der Waals surface area contributed by atoms with Crippen LogP contribution in [0, 0.1) is 0 Å². The average molecular weight is 364 g/mol. The van der Waals surface area contributed by atoms with Crippen LogP contribution in [0.15, 0.2) is 30.3 Å². The summed E-state index contributed by atoms with van der Waals surface area (Å²) >= 11 is 0. The lowest BCUT2D eigenvalue weighted by molar-refractivity contribution is 0.349. The zero-order valence-corrected chi connectivity index (χ0v) is 15.9. The minimum absolute atomic E-state index is 0.200. The molecule has 2 aliphatic rings. The monoisotopic (exact) mass is 364 g/mol. The molecule has 1 atom stereocenters. The lowest BCUT2D eigenvalue weighted by atomic mass is 9.82. The van der Waals surface area contributed by atoms with Crippen molar-refractivity contribution in [3.05, 3.63) is 52.7 Å². The molecule has 5 nitrogen and oxygen atoms in total. The SMILES string of the molecule is COc1ccc2[nH]c3c(c2c1)CCNC31CCc2cc(OC)c(OC)cc21. The summed E-state index contributed by atoms with van der Waals surface area (Å²) in [7, 11) is 5.11. The Balaban J connectivity index is 1.74. The normalized spacial score (nSPS) is 20.6. The zero-order chi connectivity index (χ0) is 18.6. The summed E-state index contributed by atoms with van der Waals surface area (Å²) < 4.78 is 16.6. The molecule has 0 fully saturated rings. The van der Waals surface area contributed by atoms with E-state index in [0.29, 0.717) is 0 Å². The first-order valence-electron chi connectivity index (χ1n) is 9.39. The lowest BCUT2D eigenvalue weighted by Crippen LogP contribution is -2.46. The molecule has 1 aromatic heterocycles. The predicted octanol–water partition coefficient (Wildman–Crippen LogP) is 3.53. The number of hydrogen-bond acceptors (Lipinski definition) is 4. The van der Waals surface area contributed by atoms with Crippen molar-refractivity contribution in [1.82, 2.24) is 10.3 Å². The average Bonchev–Trinajstić information content (AvgIpc) is 3.26. The van der Waals surface area contributed by atoms with Gasteiger partial charge in [0.15, 0.2) is 11.5 Å². The number of nitrogens with one attached hydrogen (secondary N) is 2. The van der Waals surface area contributed by atoms with E-state index < -0.39 is 0 Å². The molecular formula is C22H24N2O3. The smallest absolute Gasteiger partial charge is 0.161 e. The van der Waals surface area contributed by atoms with Crippen LogP contribution in [-0.4, -0.2) is 32.9 Å². The summed E-state index contributed by atoms with van der Waals surface area (Å²) in [5.74, 6) is 2.48. The fraction of sp³-hybridized carbons (Fsp3) is 0.364. The van der Waals surface area contributed by atoms with Gasteiger partial charge in [-0.15, -0.1) is 0 Å². The molecule has 5 rings (SSSR count). The van der Waals surface area contributed by atoms with E-state index in [1.165, 1.54) is 27.8 Å². The summed E-state index contributed by atoms with van der Waals surface area (Å²) in [5.41, 5.74) is 6.25. The molecule has 1 aliphatic carbocycles. The standard InChI is InChI=1S/C22H24N2O3/c1-25-14-4-5-18-16(11-14)15-7-9-23-22(21(15)24-18)8-6-13-10-19(26-2)20(27-3)12-17(13)22/h4-5,10-12,23-24H,6-9H2,1-3H3. The van der Waals surface area contributed by atoms with Crippen molar-refractivity contribution in [2.45, 2.75) is 24.8 Å². The number of aromatic nitrogens is 1. The number of aromatic amines is 1. The summed E-state index contributed by atoms with van der Waals surface area (Å²) in [6.07, 6.45) is 3.04. The minimum Gasteiger partial charge on any atom is -0.497 e. The maximum Gasteiger partial charge on any atom is 0.161 e. The van der Waals surface area contributed by atoms with E-state index in [-0.39, 0.29) is 5.54 Å². The fourth-order valence-electron chi connectivity index (χ4n) is 4.89. The second-order valence-electron chi connectivity index (χ2n) is 7.34. The van der Waals surface area contributed by atoms with E-state index in [0.717, 1.165) is 48.6 Å². The minimum atomic E-state index is -0.200. The van der Waals surface area contributed by atoms with Gasteiger partial charge in [-0.05, 0) is 66.3 Å². The van der Waals surface area contributed by atoms with E-state index in [4.69, 9.17) is 14.2 Å². The molecule has 2 heterocycles. The topological polar surface area (TPSA) is 55.5 Å². The molecule has 1 spiro atoms. The van der Waals surface area contributed by atoms with Gasteiger partial charge in [0.05, 0.1) is 26.9 Å². The highest BCUT2D eigenvalue weighted by molar-refractivity contribution is 5.87. The Morgan fingerprint density at radius 1 is 0.926 bits per heavy atom. The van der Waals surface area contributed by atoms with Crippen molar-refractivity contribution in [3.8, 4) is 17.2 Å². The highest BCUT2D eigenvalue weighted by Gasteiger charge is 2.45. The number of aryl methyl sites for hydroxylation is 1. The van der Waals surface area contributed by atoms with Gasteiger partial charge in [-0.3, -0.25) is 0 Å². The van der Waals surface area contributed by atoms with Crippen molar-refractivity contribution in [3.63, 3.8) is 0 Å². The van der Waals surface area contributed by atoms with Gasteiger partial charge in [-0.2, -0.15) is 0 Å². The third-order valence-corrected chi connectivity index (χ3v) is 6.18. The largest absolute Gasteiger partial charge is 0.497 e. The van der Waals surface area contributed by atoms with Gasteiger partial charge in [0, 0.05) is 23.1 Å². The molecule has 5 heteroatoms. The molecule has 2 aromatic carbocycles. The number of rotatable bonds is 3. The van der Waals surface area contributed by atoms with Gasteiger partial charge in [-0.1, -0.05) is 0 Å². The zero-order valence-electron chi connectivity index (χ0n) is 15.9. The maximum absolute atomic E-state index is 5.59. The van der Waals surface area contributed by atoms with E-state index in [2.05, 4.69) is 34.6 Å². The van der Waals surface area contributed by atoms with Gasteiger partial charge in [0.2, 0.25) is 0 Å². The van der Waals surface area contributed by atoms with Gasteiger partial charge in [0.1, 0.15) is 5.75 Å². The Morgan fingerprint density at radius 3 is 2.52 bits per heavy atom. The van der Waals surface area contributed by atoms with Crippen molar-refractivity contribution >= 4 is 10.9 Å². The second-order valence-corrected chi connectivity index (χ2v) is 7.34. The van der Waals surface area contributed by atoms with Crippen LogP contribution in [0.1, 0.15) is 28.8 Å². The van der Waals surface area contributed by atoms with Crippen LogP contribution in [-0.2, 0) is 18.4 Å². The number of benzene rings is 2. The molecule has 140 valence electrons. The Kier molecular flexibility index (Phi) is 3.62. The van der Waals surface area contributed by atoms with E-state index in [1.54, 1.807) is 21.3 Å². The predicted molar refractivity (Wildman–Crippen MR) is 105 cm³/mol. The second kappa shape index (κ2) is 5.92. The molecule has 1 aliphatic heterocycles. The first kappa shape index (κ1) is 16.5. The molecule has 0 bridgehead atoms. The molecule has 0 amide bonds. The van der Waals surface area contributed by atoms with Crippen LogP contribution >= 0.6 is 0 Å². The molecule has 27 heavy (non-hydrogen) atoms. The van der Waals surface area contributed by atoms with Crippen LogP contribution < -0.4 is 19.5 Å². The number of methoxy groups -OCH3 is 3. The maximum atomic E-state index is 5.59. The summed E-state index contributed by atoms with van der Waals surface area (Å²) in [6, 6.07) is 10.6. The third-order valence-electron chi connectivity index (χ3n) is 6.18. The molecule has 1 unspecified atom stereocenters. The molecule has 0 saturated carbocycles. The van der Waals surface area contributed by atoms with Crippen LogP contribution in [0.2, 0.25) is 0 Å². The quantitative estimate of drug-likeness (QED) is 0.747.